The molecule has 0 unspecified atom stereocenters. The highest BCUT2D eigenvalue weighted by molar-refractivity contribution is 5.93. The Labute approximate surface area is 168 Å². The Hall–Kier alpha value is -3.49. The van der Waals surface area contributed by atoms with E-state index in [0.717, 1.165) is 11.3 Å². The standard InChI is InChI=1S/C20H23N7O2/c1-12-9-17(26(3)25-12)20(29)27-10-15(16(11-27)21-13(2)28)19-22-18(23-24-19)14-7-5-4-6-8-14/h4-9,15-16H,10-11H2,1-3H3,(H,21,28)(H,22,23,24)/t15-,16-/m1/s1. The van der Waals surface area contributed by atoms with Crippen LogP contribution in [0.5, 0.6) is 0 Å². The molecule has 3 aromatic rings. The first-order chi connectivity index (χ1) is 13.9. The summed E-state index contributed by atoms with van der Waals surface area (Å²) in [7, 11) is 1.75. The van der Waals surface area contributed by atoms with Gasteiger partial charge in [-0.3, -0.25) is 19.4 Å². The van der Waals surface area contributed by atoms with Gasteiger partial charge in [-0.2, -0.15) is 10.2 Å². The molecular weight excluding hydrogens is 370 g/mol. The maximum absolute atomic E-state index is 13.0. The number of likely N-dealkylation sites (tertiary alicyclic amines) is 1. The quantitative estimate of drug-likeness (QED) is 0.694. The van der Waals surface area contributed by atoms with Crippen molar-refractivity contribution in [1.29, 1.82) is 0 Å². The van der Waals surface area contributed by atoms with Crippen molar-refractivity contribution in [2.75, 3.05) is 13.1 Å². The van der Waals surface area contributed by atoms with Gasteiger partial charge >= 0.3 is 0 Å². The van der Waals surface area contributed by atoms with Gasteiger partial charge < -0.3 is 10.2 Å². The molecule has 3 heterocycles. The van der Waals surface area contributed by atoms with Crippen LogP contribution in [0, 0.1) is 6.92 Å². The summed E-state index contributed by atoms with van der Waals surface area (Å²) in [6.07, 6.45) is 0. The molecule has 9 heteroatoms. The zero-order valence-electron chi connectivity index (χ0n) is 16.6. The van der Waals surface area contributed by atoms with Crippen molar-refractivity contribution in [3.63, 3.8) is 0 Å². The number of nitrogens with one attached hydrogen (secondary N) is 2. The van der Waals surface area contributed by atoms with Crippen LogP contribution >= 0.6 is 0 Å². The maximum atomic E-state index is 13.0. The Morgan fingerprint density at radius 3 is 2.62 bits per heavy atom. The summed E-state index contributed by atoms with van der Waals surface area (Å²) < 4.78 is 1.58. The monoisotopic (exact) mass is 393 g/mol. The Bertz CT molecular complexity index is 1040. The van der Waals surface area contributed by atoms with Crippen molar-refractivity contribution in [2.45, 2.75) is 25.8 Å². The van der Waals surface area contributed by atoms with Crippen molar-refractivity contribution in [3.05, 3.63) is 53.6 Å². The van der Waals surface area contributed by atoms with Gasteiger partial charge in [0.2, 0.25) is 5.91 Å². The Balaban J connectivity index is 1.60. The van der Waals surface area contributed by atoms with Gasteiger partial charge in [0, 0.05) is 32.6 Å². The van der Waals surface area contributed by atoms with Gasteiger partial charge in [-0.1, -0.05) is 30.3 Å². The topological polar surface area (TPSA) is 109 Å². The first-order valence-corrected chi connectivity index (χ1v) is 9.47. The molecule has 150 valence electrons. The third kappa shape index (κ3) is 3.75. The second-order valence-electron chi connectivity index (χ2n) is 7.33. The highest BCUT2D eigenvalue weighted by Crippen LogP contribution is 2.28. The number of aryl methyl sites for hydroxylation is 2. The average molecular weight is 393 g/mol. The summed E-state index contributed by atoms with van der Waals surface area (Å²) >= 11 is 0. The van der Waals surface area contributed by atoms with E-state index < -0.39 is 0 Å². The second-order valence-corrected chi connectivity index (χ2v) is 7.33. The molecule has 0 saturated carbocycles. The van der Waals surface area contributed by atoms with Crippen molar-refractivity contribution in [1.82, 2.24) is 35.2 Å². The van der Waals surface area contributed by atoms with Gasteiger partial charge in [-0.25, -0.2) is 4.98 Å². The maximum Gasteiger partial charge on any atom is 0.272 e. The minimum Gasteiger partial charge on any atom is -0.351 e. The molecule has 9 nitrogen and oxygen atoms in total. The second kappa shape index (κ2) is 7.50. The molecule has 0 aliphatic carbocycles. The number of hydrogen-bond donors (Lipinski definition) is 2. The van der Waals surface area contributed by atoms with Crippen LogP contribution in [-0.2, 0) is 11.8 Å². The molecule has 1 aliphatic heterocycles. The van der Waals surface area contributed by atoms with Gasteiger partial charge in [-0.15, -0.1) is 0 Å². The normalized spacial score (nSPS) is 18.8. The van der Waals surface area contributed by atoms with E-state index in [1.807, 2.05) is 37.3 Å². The number of rotatable bonds is 4. The lowest BCUT2D eigenvalue weighted by molar-refractivity contribution is -0.119. The smallest absolute Gasteiger partial charge is 0.272 e. The molecular formula is C20H23N7O2. The van der Waals surface area contributed by atoms with E-state index in [4.69, 9.17) is 0 Å². The average Bonchev–Trinajstić information content (AvgIpc) is 3.40. The lowest BCUT2D eigenvalue weighted by atomic mass is 10.0. The molecule has 2 atom stereocenters. The van der Waals surface area contributed by atoms with Crippen LogP contribution in [0.1, 0.15) is 34.8 Å². The molecule has 1 aliphatic rings. The van der Waals surface area contributed by atoms with Gasteiger partial charge in [0.25, 0.3) is 5.91 Å². The predicted molar refractivity (Wildman–Crippen MR) is 106 cm³/mol. The lowest BCUT2D eigenvalue weighted by Crippen LogP contribution is -2.39. The number of aromatic amines is 1. The minimum absolute atomic E-state index is 0.117. The van der Waals surface area contributed by atoms with Gasteiger partial charge in [0.1, 0.15) is 11.5 Å². The summed E-state index contributed by atoms with van der Waals surface area (Å²) in [5, 5.41) is 14.5. The van der Waals surface area contributed by atoms with Crippen LogP contribution in [0.15, 0.2) is 36.4 Å². The Morgan fingerprint density at radius 1 is 1.21 bits per heavy atom. The first-order valence-electron chi connectivity index (χ1n) is 9.47. The summed E-state index contributed by atoms with van der Waals surface area (Å²) in [5.41, 5.74) is 2.21. The van der Waals surface area contributed by atoms with Crippen LogP contribution in [0.25, 0.3) is 11.4 Å². The van der Waals surface area contributed by atoms with Crippen molar-refractivity contribution in [3.8, 4) is 11.4 Å². The van der Waals surface area contributed by atoms with E-state index >= 15 is 0 Å². The number of benzene rings is 1. The summed E-state index contributed by atoms with van der Waals surface area (Å²) in [5.74, 6) is 0.803. The van der Waals surface area contributed by atoms with Gasteiger partial charge in [-0.05, 0) is 13.0 Å². The molecule has 29 heavy (non-hydrogen) atoms. The summed E-state index contributed by atoms with van der Waals surface area (Å²) in [6.45, 7) is 4.15. The Kier molecular flexibility index (Phi) is 4.87. The summed E-state index contributed by atoms with van der Waals surface area (Å²) in [4.78, 5) is 31.1. The highest BCUT2D eigenvalue weighted by Gasteiger charge is 2.39. The van der Waals surface area contributed by atoms with Crippen LogP contribution in [0.4, 0.5) is 0 Å². The number of carbonyl (C=O) groups excluding carboxylic acids is 2. The fourth-order valence-electron chi connectivity index (χ4n) is 3.78. The molecule has 1 saturated heterocycles. The fourth-order valence-corrected chi connectivity index (χ4v) is 3.78. The molecule has 2 aromatic heterocycles. The zero-order valence-corrected chi connectivity index (χ0v) is 16.6. The van der Waals surface area contributed by atoms with Crippen LogP contribution < -0.4 is 5.32 Å². The van der Waals surface area contributed by atoms with Gasteiger partial charge in [0.05, 0.1) is 17.7 Å². The molecule has 0 bridgehead atoms. The number of carbonyl (C=O) groups is 2. The number of aromatic nitrogens is 5. The summed E-state index contributed by atoms with van der Waals surface area (Å²) in [6, 6.07) is 11.2. The van der Waals surface area contributed by atoms with E-state index in [1.54, 1.807) is 22.7 Å². The molecule has 0 spiro atoms. The van der Waals surface area contributed by atoms with Crippen molar-refractivity contribution in [2.24, 2.45) is 7.05 Å². The lowest BCUT2D eigenvalue weighted by Gasteiger charge is -2.16. The number of nitrogens with zero attached hydrogens (tertiary/aromatic N) is 5. The largest absolute Gasteiger partial charge is 0.351 e. The van der Waals surface area contributed by atoms with E-state index in [1.165, 1.54) is 6.92 Å². The molecule has 1 aromatic carbocycles. The number of H-pyrrole nitrogens is 1. The van der Waals surface area contributed by atoms with Crippen LogP contribution in [0.3, 0.4) is 0 Å². The van der Waals surface area contributed by atoms with E-state index in [-0.39, 0.29) is 23.8 Å². The molecule has 2 N–H and O–H groups in total. The predicted octanol–water partition coefficient (Wildman–Crippen LogP) is 1.26. The van der Waals surface area contributed by atoms with Crippen LogP contribution in [0.2, 0.25) is 0 Å². The van der Waals surface area contributed by atoms with Crippen molar-refractivity contribution < 1.29 is 9.59 Å². The van der Waals surface area contributed by atoms with Crippen molar-refractivity contribution >= 4 is 11.8 Å². The van der Waals surface area contributed by atoms with E-state index in [0.29, 0.717) is 30.4 Å². The van der Waals surface area contributed by atoms with Gasteiger partial charge in [0.15, 0.2) is 5.82 Å². The molecule has 1 fully saturated rings. The third-order valence-corrected chi connectivity index (χ3v) is 5.10. The zero-order chi connectivity index (χ0) is 20.5. The van der Waals surface area contributed by atoms with E-state index in [2.05, 4.69) is 25.6 Å². The molecule has 2 amide bonds. The highest BCUT2D eigenvalue weighted by atomic mass is 16.2. The van der Waals surface area contributed by atoms with Crippen LogP contribution in [-0.4, -0.2) is 60.8 Å². The Morgan fingerprint density at radius 2 is 1.97 bits per heavy atom. The van der Waals surface area contributed by atoms with E-state index in [9.17, 15) is 9.59 Å². The molecule has 4 rings (SSSR count). The fraction of sp³-hybridized carbons (Fsp3) is 0.350. The molecule has 0 radical (unpaired) electrons. The SMILES string of the molecule is CC(=O)N[C@@H]1CN(C(=O)c2cc(C)nn2C)C[C@H]1c1nc(-c2ccccc2)n[nH]1. The minimum atomic E-state index is -0.248. The number of hydrogen-bond acceptors (Lipinski definition) is 5. The third-order valence-electron chi connectivity index (χ3n) is 5.10. The first kappa shape index (κ1) is 18.9. The number of amides is 2.